The van der Waals surface area contributed by atoms with Crippen LogP contribution in [0, 0.1) is 5.92 Å². The summed E-state index contributed by atoms with van der Waals surface area (Å²) in [5.41, 5.74) is 0.857. The number of hydrogen-bond acceptors (Lipinski definition) is 5. The predicted octanol–water partition coefficient (Wildman–Crippen LogP) is 3.41. The topological polar surface area (TPSA) is 60.6 Å². The van der Waals surface area contributed by atoms with Gasteiger partial charge in [0.25, 0.3) is 0 Å². The van der Waals surface area contributed by atoms with E-state index in [1.807, 2.05) is 6.92 Å². The van der Waals surface area contributed by atoms with Crippen LogP contribution in [0.3, 0.4) is 0 Å². The average Bonchev–Trinajstić information content (AvgIpc) is 3.45. The van der Waals surface area contributed by atoms with Crippen molar-refractivity contribution in [3.8, 4) is 0 Å². The number of ether oxygens (including phenoxy) is 4. The van der Waals surface area contributed by atoms with Gasteiger partial charge in [0, 0.05) is 13.5 Å². The van der Waals surface area contributed by atoms with Gasteiger partial charge in [0.1, 0.15) is 23.4 Å². The quantitative estimate of drug-likeness (QED) is 0.399. The number of carbonyl (C=O) groups is 1. The Hall–Kier alpha value is -0.910. The lowest BCUT2D eigenvalue weighted by Gasteiger charge is -2.42. The highest BCUT2D eigenvalue weighted by atomic mass is 16.6. The second-order valence-corrected chi connectivity index (χ2v) is 8.16. The summed E-state index contributed by atoms with van der Waals surface area (Å²) in [6.45, 7) is 9.10. The van der Waals surface area contributed by atoms with Crippen LogP contribution < -0.4 is 0 Å². The third-order valence-electron chi connectivity index (χ3n) is 5.97. The number of allylic oxidation sites excluding steroid dienone is 1. The molecule has 1 aliphatic carbocycles. The standard InChI is InChI=1S/C20H32O5/c1-6-7-16(21)24-14-10-11-20(12-23-20)18(17(14)22-5)19(4)15(25-19)9-8-13(2)3/h8,14-15,17-18H,6-7,9-12H2,1-5H3/t14?,15-,17?,18?,19?,20+/m1/s1. The monoisotopic (exact) mass is 352 g/mol. The second kappa shape index (κ2) is 7.01. The molecule has 142 valence electrons. The Morgan fingerprint density at radius 1 is 1.36 bits per heavy atom. The molecule has 5 nitrogen and oxygen atoms in total. The van der Waals surface area contributed by atoms with Gasteiger partial charge in [0.2, 0.25) is 0 Å². The van der Waals surface area contributed by atoms with Crippen molar-refractivity contribution in [2.24, 2.45) is 5.92 Å². The molecule has 0 aromatic heterocycles. The molecule has 2 saturated heterocycles. The van der Waals surface area contributed by atoms with Gasteiger partial charge in [-0.3, -0.25) is 4.79 Å². The largest absolute Gasteiger partial charge is 0.460 e. The lowest BCUT2D eigenvalue weighted by Crippen LogP contribution is -2.55. The van der Waals surface area contributed by atoms with Crippen LogP contribution in [0.5, 0.6) is 0 Å². The molecule has 0 N–H and O–H groups in total. The van der Waals surface area contributed by atoms with E-state index in [1.54, 1.807) is 7.11 Å². The van der Waals surface area contributed by atoms with E-state index in [4.69, 9.17) is 18.9 Å². The Kier molecular flexibility index (Phi) is 5.29. The van der Waals surface area contributed by atoms with E-state index in [0.717, 1.165) is 32.3 Å². The third kappa shape index (κ3) is 3.64. The second-order valence-electron chi connectivity index (χ2n) is 8.16. The molecule has 1 spiro atoms. The van der Waals surface area contributed by atoms with Crippen LogP contribution in [0.15, 0.2) is 11.6 Å². The molecule has 2 aliphatic heterocycles. The summed E-state index contributed by atoms with van der Waals surface area (Å²) < 4.78 is 23.7. The van der Waals surface area contributed by atoms with Crippen LogP contribution in [-0.4, -0.2) is 49.2 Å². The maximum absolute atomic E-state index is 12.0. The Morgan fingerprint density at radius 3 is 2.64 bits per heavy atom. The first-order valence-electron chi connectivity index (χ1n) is 9.53. The van der Waals surface area contributed by atoms with Crippen molar-refractivity contribution in [3.05, 3.63) is 11.6 Å². The van der Waals surface area contributed by atoms with E-state index >= 15 is 0 Å². The molecule has 2 heterocycles. The summed E-state index contributed by atoms with van der Waals surface area (Å²) in [5.74, 6) is -0.0438. The molecular formula is C20H32O5. The summed E-state index contributed by atoms with van der Waals surface area (Å²) in [7, 11) is 1.70. The predicted molar refractivity (Wildman–Crippen MR) is 94.3 cm³/mol. The number of epoxide rings is 2. The Balaban J connectivity index is 1.75. The van der Waals surface area contributed by atoms with Gasteiger partial charge in [0.15, 0.2) is 0 Å². The molecule has 25 heavy (non-hydrogen) atoms. The van der Waals surface area contributed by atoms with Crippen LogP contribution in [0.25, 0.3) is 0 Å². The van der Waals surface area contributed by atoms with Gasteiger partial charge in [-0.1, -0.05) is 18.6 Å². The molecule has 0 amide bonds. The smallest absolute Gasteiger partial charge is 0.306 e. The molecule has 5 heteroatoms. The lowest BCUT2D eigenvalue weighted by atomic mass is 9.68. The van der Waals surface area contributed by atoms with Gasteiger partial charge in [-0.25, -0.2) is 0 Å². The fourth-order valence-corrected chi connectivity index (χ4v) is 4.50. The van der Waals surface area contributed by atoms with Crippen molar-refractivity contribution in [1.82, 2.24) is 0 Å². The van der Waals surface area contributed by atoms with Gasteiger partial charge < -0.3 is 18.9 Å². The summed E-state index contributed by atoms with van der Waals surface area (Å²) in [6.07, 6.45) is 5.85. The molecule has 0 aromatic carbocycles. The summed E-state index contributed by atoms with van der Waals surface area (Å²) in [5, 5.41) is 0. The van der Waals surface area contributed by atoms with E-state index in [1.165, 1.54) is 5.57 Å². The molecule has 0 aromatic rings. The highest BCUT2D eigenvalue weighted by molar-refractivity contribution is 5.69. The Bertz CT molecular complexity index is 534. The maximum Gasteiger partial charge on any atom is 0.306 e. The van der Waals surface area contributed by atoms with Crippen molar-refractivity contribution >= 4 is 5.97 Å². The summed E-state index contributed by atoms with van der Waals surface area (Å²) in [4.78, 5) is 12.0. The Labute approximate surface area is 151 Å². The van der Waals surface area contributed by atoms with Gasteiger partial charge in [0.05, 0.1) is 18.6 Å². The minimum absolute atomic E-state index is 0.0914. The zero-order valence-corrected chi connectivity index (χ0v) is 16.2. The number of esters is 1. The van der Waals surface area contributed by atoms with Crippen molar-refractivity contribution in [2.45, 2.75) is 89.3 Å². The first kappa shape index (κ1) is 18.9. The van der Waals surface area contributed by atoms with Gasteiger partial charge >= 0.3 is 5.97 Å². The lowest BCUT2D eigenvalue weighted by molar-refractivity contribution is -0.171. The van der Waals surface area contributed by atoms with E-state index in [0.29, 0.717) is 6.42 Å². The molecule has 3 rings (SSSR count). The third-order valence-corrected chi connectivity index (χ3v) is 5.97. The van der Waals surface area contributed by atoms with Crippen LogP contribution >= 0.6 is 0 Å². The van der Waals surface area contributed by atoms with Crippen molar-refractivity contribution in [3.63, 3.8) is 0 Å². The number of rotatable bonds is 7. The summed E-state index contributed by atoms with van der Waals surface area (Å²) in [6, 6.07) is 0. The molecular weight excluding hydrogens is 320 g/mol. The Morgan fingerprint density at radius 2 is 2.08 bits per heavy atom. The van der Waals surface area contributed by atoms with E-state index in [2.05, 4.69) is 26.8 Å². The van der Waals surface area contributed by atoms with Gasteiger partial charge in [-0.2, -0.15) is 0 Å². The van der Waals surface area contributed by atoms with Gasteiger partial charge in [-0.05, 0) is 46.5 Å². The van der Waals surface area contributed by atoms with E-state index in [9.17, 15) is 4.79 Å². The number of methoxy groups -OCH3 is 1. The maximum atomic E-state index is 12.0. The van der Waals surface area contributed by atoms with Crippen LogP contribution in [-0.2, 0) is 23.7 Å². The molecule has 6 atom stereocenters. The van der Waals surface area contributed by atoms with Crippen molar-refractivity contribution in [1.29, 1.82) is 0 Å². The number of hydrogen-bond donors (Lipinski definition) is 0. The fraction of sp³-hybridized carbons (Fsp3) is 0.850. The average molecular weight is 352 g/mol. The highest BCUT2D eigenvalue weighted by Crippen LogP contribution is 2.59. The molecule has 3 aliphatic rings. The SMILES string of the molecule is CCCC(=O)OC1CC[C@]2(CO2)C(C2(C)O[C@@H]2CC=C(C)C)C1OC. The first-order chi connectivity index (χ1) is 11.9. The van der Waals surface area contributed by atoms with Gasteiger partial charge in [-0.15, -0.1) is 0 Å². The van der Waals surface area contributed by atoms with E-state index < -0.39 is 0 Å². The first-order valence-corrected chi connectivity index (χ1v) is 9.53. The fourth-order valence-electron chi connectivity index (χ4n) is 4.50. The minimum atomic E-state index is -0.279. The van der Waals surface area contributed by atoms with Crippen LogP contribution in [0.4, 0.5) is 0 Å². The summed E-state index contributed by atoms with van der Waals surface area (Å²) >= 11 is 0. The van der Waals surface area contributed by atoms with E-state index in [-0.39, 0.29) is 41.4 Å². The molecule has 0 radical (unpaired) electrons. The zero-order chi connectivity index (χ0) is 18.2. The normalized spacial score (nSPS) is 42.1. The molecule has 4 unspecified atom stereocenters. The highest BCUT2D eigenvalue weighted by Gasteiger charge is 2.72. The van der Waals surface area contributed by atoms with Crippen molar-refractivity contribution < 1.29 is 23.7 Å². The zero-order valence-electron chi connectivity index (χ0n) is 16.2. The molecule has 0 bridgehead atoms. The molecule has 1 saturated carbocycles. The van der Waals surface area contributed by atoms with Crippen LogP contribution in [0.2, 0.25) is 0 Å². The minimum Gasteiger partial charge on any atom is -0.460 e. The molecule has 3 fully saturated rings. The number of carbonyl (C=O) groups excluding carboxylic acids is 1. The van der Waals surface area contributed by atoms with Crippen molar-refractivity contribution in [2.75, 3.05) is 13.7 Å². The van der Waals surface area contributed by atoms with Crippen LogP contribution in [0.1, 0.15) is 59.8 Å².